The van der Waals surface area contributed by atoms with Gasteiger partial charge in [0.05, 0.1) is 6.21 Å². The van der Waals surface area contributed by atoms with Crippen molar-refractivity contribution in [2.75, 3.05) is 0 Å². The van der Waals surface area contributed by atoms with Crippen molar-refractivity contribution in [1.29, 1.82) is 0 Å². The molecule has 0 fully saturated rings. The molecule has 0 atom stereocenters. The van der Waals surface area contributed by atoms with Gasteiger partial charge in [-0.1, -0.05) is 66.7 Å². The number of hydrogen-bond acceptors (Lipinski definition) is 2. The maximum absolute atomic E-state index is 11.7. The molecule has 0 saturated heterocycles. The number of allylic oxidation sites excluding steroid dienone is 1. The van der Waals surface area contributed by atoms with Crippen LogP contribution in [0.25, 0.3) is 6.08 Å². The molecule has 2 aromatic rings. The molecule has 0 aromatic heterocycles. The van der Waals surface area contributed by atoms with Gasteiger partial charge in [-0.2, -0.15) is 5.10 Å². The molecule has 2 aromatic carbocycles. The Kier molecular flexibility index (Phi) is 6.12. The van der Waals surface area contributed by atoms with Crippen molar-refractivity contribution in [3.63, 3.8) is 0 Å². The average Bonchev–Trinajstić information content (AvgIpc) is 2.55. The topological polar surface area (TPSA) is 41.5 Å². The summed E-state index contributed by atoms with van der Waals surface area (Å²) in [5.41, 5.74) is 5.81. The number of carbonyl (C=O) groups excluding carboxylic acids is 1. The normalized spacial score (nSPS) is 11.6. The van der Waals surface area contributed by atoms with Gasteiger partial charge >= 0.3 is 0 Å². The van der Waals surface area contributed by atoms with E-state index in [9.17, 15) is 4.79 Å². The van der Waals surface area contributed by atoms with Crippen molar-refractivity contribution in [2.24, 2.45) is 5.10 Å². The standard InChI is InChI=1S/C19H20N2O/c1-16(14-18-10-6-3-7-11-18)15-20-21-19(22)13-12-17-8-4-2-5-9-17/h2-11,14-15H,12-13H2,1H3,(H,21,22)/b16-14+,20-15+. The molecule has 112 valence electrons. The minimum Gasteiger partial charge on any atom is -0.273 e. The van der Waals surface area contributed by atoms with Gasteiger partial charge in [-0.3, -0.25) is 4.79 Å². The lowest BCUT2D eigenvalue weighted by Crippen LogP contribution is -2.17. The third-order valence-electron chi connectivity index (χ3n) is 3.13. The van der Waals surface area contributed by atoms with Gasteiger partial charge in [0.1, 0.15) is 0 Å². The third-order valence-corrected chi connectivity index (χ3v) is 3.13. The van der Waals surface area contributed by atoms with Gasteiger partial charge in [-0.15, -0.1) is 0 Å². The molecule has 0 bridgehead atoms. The summed E-state index contributed by atoms with van der Waals surface area (Å²) in [7, 11) is 0. The summed E-state index contributed by atoms with van der Waals surface area (Å²) in [6, 6.07) is 20.0. The third kappa shape index (κ3) is 5.75. The first kappa shape index (κ1) is 15.7. The number of rotatable bonds is 6. The van der Waals surface area contributed by atoms with Crippen LogP contribution in [0.1, 0.15) is 24.5 Å². The lowest BCUT2D eigenvalue weighted by Gasteiger charge is -2.00. The summed E-state index contributed by atoms with van der Waals surface area (Å²) >= 11 is 0. The highest BCUT2D eigenvalue weighted by atomic mass is 16.2. The largest absolute Gasteiger partial charge is 0.273 e. The summed E-state index contributed by atoms with van der Waals surface area (Å²) in [6.45, 7) is 1.95. The molecule has 0 saturated carbocycles. The Morgan fingerprint density at radius 2 is 1.68 bits per heavy atom. The molecule has 3 nitrogen and oxygen atoms in total. The van der Waals surface area contributed by atoms with Crippen molar-refractivity contribution in [2.45, 2.75) is 19.8 Å². The molecule has 0 spiro atoms. The minimum absolute atomic E-state index is 0.0763. The van der Waals surface area contributed by atoms with Gasteiger partial charge in [0, 0.05) is 6.42 Å². The number of aryl methyl sites for hydroxylation is 1. The van der Waals surface area contributed by atoms with Gasteiger partial charge < -0.3 is 0 Å². The first-order valence-corrected chi connectivity index (χ1v) is 7.33. The number of carbonyl (C=O) groups is 1. The van der Waals surface area contributed by atoms with Crippen molar-refractivity contribution in [3.05, 3.63) is 77.4 Å². The molecule has 3 heteroatoms. The Morgan fingerprint density at radius 1 is 1.05 bits per heavy atom. The Hall–Kier alpha value is -2.68. The van der Waals surface area contributed by atoms with Crippen molar-refractivity contribution in [3.8, 4) is 0 Å². The molecule has 0 aliphatic heterocycles. The Bertz CT molecular complexity index is 646. The van der Waals surface area contributed by atoms with Crippen LogP contribution in [-0.2, 0) is 11.2 Å². The maximum Gasteiger partial charge on any atom is 0.240 e. The Balaban J connectivity index is 1.77. The average molecular weight is 292 g/mol. The van der Waals surface area contributed by atoms with Crippen LogP contribution in [0.15, 0.2) is 71.3 Å². The number of amides is 1. The molecular weight excluding hydrogens is 272 g/mol. The first-order valence-electron chi connectivity index (χ1n) is 7.33. The van der Waals surface area contributed by atoms with E-state index in [1.807, 2.05) is 73.7 Å². The summed E-state index contributed by atoms with van der Waals surface area (Å²) in [6.07, 6.45) is 4.83. The predicted octanol–water partition coefficient (Wildman–Crippen LogP) is 3.82. The SMILES string of the molecule is CC(/C=N/NC(=O)CCc1ccccc1)=C\c1ccccc1. The smallest absolute Gasteiger partial charge is 0.240 e. The van der Waals surface area contributed by atoms with Crippen LogP contribution < -0.4 is 5.43 Å². The minimum atomic E-state index is -0.0763. The van der Waals surface area contributed by atoms with Crippen LogP contribution in [0, 0.1) is 0 Å². The molecule has 2 rings (SSSR count). The maximum atomic E-state index is 11.7. The first-order chi connectivity index (χ1) is 10.7. The van der Waals surface area contributed by atoms with Crippen LogP contribution in [0.3, 0.4) is 0 Å². The van der Waals surface area contributed by atoms with Gasteiger partial charge in [-0.25, -0.2) is 5.43 Å². The molecule has 1 amide bonds. The summed E-state index contributed by atoms with van der Waals surface area (Å²) in [5, 5.41) is 3.99. The van der Waals surface area contributed by atoms with E-state index >= 15 is 0 Å². The van der Waals surface area contributed by atoms with Gasteiger partial charge in [0.25, 0.3) is 0 Å². The van der Waals surface area contributed by atoms with Gasteiger partial charge in [-0.05, 0) is 30.0 Å². The fraction of sp³-hybridized carbons (Fsp3) is 0.158. The van der Waals surface area contributed by atoms with Crippen LogP contribution in [0.5, 0.6) is 0 Å². The van der Waals surface area contributed by atoms with Crippen LogP contribution >= 0.6 is 0 Å². The number of hydrogen-bond donors (Lipinski definition) is 1. The number of benzene rings is 2. The number of nitrogens with one attached hydrogen (secondary N) is 1. The number of hydrazone groups is 1. The molecule has 0 aliphatic carbocycles. The van der Waals surface area contributed by atoms with E-state index in [1.54, 1.807) is 6.21 Å². The molecule has 0 radical (unpaired) electrons. The van der Waals surface area contributed by atoms with E-state index in [0.29, 0.717) is 6.42 Å². The molecule has 0 aliphatic rings. The van der Waals surface area contributed by atoms with Gasteiger partial charge in [0.2, 0.25) is 5.91 Å². The van der Waals surface area contributed by atoms with E-state index in [-0.39, 0.29) is 5.91 Å². The second kappa shape index (κ2) is 8.57. The van der Waals surface area contributed by atoms with Crippen LogP contribution in [0.2, 0.25) is 0 Å². The van der Waals surface area contributed by atoms with E-state index in [0.717, 1.165) is 23.1 Å². The monoisotopic (exact) mass is 292 g/mol. The predicted molar refractivity (Wildman–Crippen MR) is 91.5 cm³/mol. The van der Waals surface area contributed by atoms with E-state index in [4.69, 9.17) is 0 Å². The fourth-order valence-electron chi connectivity index (χ4n) is 2.01. The highest BCUT2D eigenvalue weighted by Gasteiger charge is 2.00. The van der Waals surface area contributed by atoms with E-state index < -0.39 is 0 Å². The second-order valence-corrected chi connectivity index (χ2v) is 5.08. The van der Waals surface area contributed by atoms with Crippen molar-refractivity contribution >= 4 is 18.2 Å². The zero-order chi connectivity index (χ0) is 15.6. The Labute approximate surface area is 131 Å². The summed E-state index contributed by atoms with van der Waals surface area (Å²) in [4.78, 5) is 11.7. The zero-order valence-electron chi connectivity index (χ0n) is 12.7. The molecular formula is C19H20N2O. The summed E-state index contributed by atoms with van der Waals surface area (Å²) in [5.74, 6) is -0.0763. The van der Waals surface area contributed by atoms with Crippen LogP contribution in [-0.4, -0.2) is 12.1 Å². The second-order valence-electron chi connectivity index (χ2n) is 5.08. The fourth-order valence-corrected chi connectivity index (χ4v) is 2.01. The highest BCUT2D eigenvalue weighted by molar-refractivity contribution is 5.86. The highest BCUT2D eigenvalue weighted by Crippen LogP contribution is 2.04. The molecule has 0 heterocycles. The molecule has 0 unspecified atom stereocenters. The molecule has 22 heavy (non-hydrogen) atoms. The van der Waals surface area contributed by atoms with Crippen LogP contribution in [0.4, 0.5) is 0 Å². The van der Waals surface area contributed by atoms with Crippen molar-refractivity contribution in [1.82, 2.24) is 5.43 Å². The lowest BCUT2D eigenvalue weighted by atomic mass is 10.1. The molecule has 1 N–H and O–H groups in total. The lowest BCUT2D eigenvalue weighted by molar-refractivity contribution is -0.121. The van der Waals surface area contributed by atoms with E-state index in [1.165, 1.54) is 0 Å². The van der Waals surface area contributed by atoms with E-state index in [2.05, 4.69) is 10.5 Å². The zero-order valence-corrected chi connectivity index (χ0v) is 12.7. The van der Waals surface area contributed by atoms with Gasteiger partial charge in [0.15, 0.2) is 0 Å². The van der Waals surface area contributed by atoms with Crippen molar-refractivity contribution < 1.29 is 4.79 Å². The summed E-state index contributed by atoms with van der Waals surface area (Å²) < 4.78 is 0. The quantitative estimate of drug-likeness (QED) is 0.638. The Morgan fingerprint density at radius 3 is 2.36 bits per heavy atom. The number of nitrogens with zero attached hydrogens (tertiary/aromatic N) is 1.